The second kappa shape index (κ2) is 8.98. The minimum atomic E-state index is -0.500. The second-order valence-corrected chi connectivity index (χ2v) is 9.41. The van der Waals surface area contributed by atoms with E-state index in [1.165, 1.54) is 34.8 Å². The van der Waals surface area contributed by atoms with Gasteiger partial charge in [-0.15, -0.1) is 21.5 Å². The maximum absolute atomic E-state index is 13.1. The Morgan fingerprint density at radius 2 is 2.03 bits per heavy atom. The Morgan fingerprint density at radius 1 is 1.27 bits per heavy atom. The molecular weight excluding hydrogens is 423 g/mol. The molecule has 0 fully saturated rings. The Kier molecular flexibility index (Phi) is 6.16. The van der Waals surface area contributed by atoms with E-state index in [1.807, 2.05) is 0 Å². The standard InChI is InChI=1S/C21H19FN4O2S2/c1-12(29-21-26-25-19(28-21)13-7-9-14(22)10-8-13)18(27)24-20-16(11-23)15-5-3-2-4-6-17(15)30-20/h7-10,12H,2-6H2,1H3,(H,24,27). The summed E-state index contributed by atoms with van der Waals surface area (Å²) in [5.41, 5.74) is 2.29. The number of halogens is 1. The summed E-state index contributed by atoms with van der Waals surface area (Å²) in [6, 6.07) is 8.01. The molecule has 6 nitrogen and oxygen atoms in total. The van der Waals surface area contributed by atoms with Crippen LogP contribution in [0.1, 0.15) is 42.2 Å². The fourth-order valence-corrected chi connectivity index (χ4v) is 5.26. The summed E-state index contributed by atoms with van der Waals surface area (Å²) in [5, 5.41) is 20.8. The highest BCUT2D eigenvalue weighted by atomic mass is 32.2. The first-order valence-corrected chi connectivity index (χ1v) is 11.4. The predicted octanol–water partition coefficient (Wildman–Crippen LogP) is 5.20. The molecule has 30 heavy (non-hydrogen) atoms. The molecule has 1 N–H and O–H groups in total. The number of aromatic nitrogens is 2. The van der Waals surface area contributed by atoms with Crippen molar-refractivity contribution in [3.63, 3.8) is 0 Å². The van der Waals surface area contributed by atoms with Gasteiger partial charge in [-0.2, -0.15) is 5.26 Å². The molecular formula is C21H19FN4O2S2. The van der Waals surface area contributed by atoms with E-state index in [1.54, 1.807) is 19.1 Å². The van der Waals surface area contributed by atoms with E-state index in [0.717, 1.165) is 43.0 Å². The van der Waals surface area contributed by atoms with Crippen molar-refractivity contribution in [2.24, 2.45) is 0 Å². The lowest BCUT2D eigenvalue weighted by Crippen LogP contribution is -2.22. The van der Waals surface area contributed by atoms with Crippen LogP contribution in [0, 0.1) is 17.1 Å². The van der Waals surface area contributed by atoms with Crippen LogP contribution in [0.2, 0.25) is 0 Å². The number of nitrogens with zero attached hydrogens (tertiary/aromatic N) is 3. The number of hydrogen-bond donors (Lipinski definition) is 1. The van der Waals surface area contributed by atoms with E-state index < -0.39 is 5.25 Å². The van der Waals surface area contributed by atoms with Crippen molar-refractivity contribution >= 4 is 34.0 Å². The number of benzene rings is 1. The number of thioether (sulfide) groups is 1. The quantitative estimate of drug-likeness (QED) is 0.431. The normalized spacial score (nSPS) is 14.4. The summed E-state index contributed by atoms with van der Waals surface area (Å²) in [6.45, 7) is 1.74. The van der Waals surface area contributed by atoms with Gasteiger partial charge in [-0.1, -0.05) is 18.2 Å². The zero-order valence-electron chi connectivity index (χ0n) is 16.3. The van der Waals surface area contributed by atoms with Crippen molar-refractivity contribution in [2.75, 3.05) is 5.32 Å². The third-order valence-electron chi connectivity index (χ3n) is 4.91. The predicted molar refractivity (Wildman–Crippen MR) is 114 cm³/mol. The Balaban J connectivity index is 1.44. The largest absolute Gasteiger partial charge is 0.411 e. The van der Waals surface area contributed by atoms with Crippen LogP contribution < -0.4 is 5.32 Å². The molecule has 1 atom stereocenters. The molecule has 1 amide bonds. The molecule has 0 bridgehead atoms. The van der Waals surface area contributed by atoms with E-state index in [9.17, 15) is 14.4 Å². The van der Waals surface area contributed by atoms with Gasteiger partial charge in [0.25, 0.3) is 5.22 Å². The first kappa shape index (κ1) is 20.6. The number of amides is 1. The summed E-state index contributed by atoms with van der Waals surface area (Å²) in [5.74, 6) is -0.311. The van der Waals surface area contributed by atoms with Crippen molar-refractivity contribution in [1.29, 1.82) is 5.26 Å². The van der Waals surface area contributed by atoms with E-state index in [2.05, 4.69) is 21.6 Å². The summed E-state index contributed by atoms with van der Waals surface area (Å²) in [4.78, 5) is 13.9. The van der Waals surface area contributed by atoms with Crippen LogP contribution in [0.25, 0.3) is 11.5 Å². The Labute approximate surface area is 181 Å². The molecule has 0 spiro atoms. The van der Waals surface area contributed by atoms with Gasteiger partial charge in [-0.25, -0.2) is 4.39 Å². The number of nitriles is 1. The molecule has 1 aliphatic rings. The number of carbonyl (C=O) groups is 1. The molecule has 0 saturated heterocycles. The number of hydrogen-bond acceptors (Lipinski definition) is 7. The summed E-state index contributed by atoms with van der Waals surface area (Å²) < 4.78 is 18.7. The highest BCUT2D eigenvalue weighted by Crippen LogP contribution is 2.37. The number of anilines is 1. The summed E-state index contributed by atoms with van der Waals surface area (Å²) in [7, 11) is 0. The van der Waals surface area contributed by atoms with Gasteiger partial charge in [-0.3, -0.25) is 4.79 Å². The number of nitrogens with one attached hydrogen (secondary N) is 1. The topological polar surface area (TPSA) is 91.8 Å². The average Bonchev–Trinajstić information content (AvgIpc) is 3.25. The third-order valence-corrected chi connectivity index (χ3v) is 7.06. The Bertz CT molecular complexity index is 1100. The minimum absolute atomic E-state index is 0.227. The number of aryl methyl sites for hydroxylation is 1. The van der Waals surface area contributed by atoms with Gasteiger partial charge in [0.15, 0.2) is 0 Å². The maximum Gasteiger partial charge on any atom is 0.277 e. The Morgan fingerprint density at radius 3 is 2.80 bits per heavy atom. The van der Waals surface area contributed by atoms with Crippen LogP contribution in [-0.4, -0.2) is 21.4 Å². The van der Waals surface area contributed by atoms with Crippen LogP contribution in [0.4, 0.5) is 9.39 Å². The third kappa shape index (κ3) is 4.40. The average molecular weight is 443 g/mol. The fraction of sp³-hybridized carbons (Fsp3) is 0.333. The molecule has 2 aromatic heterocycles. The first-order chi connectivity index (χ1) is 14.5. The molecule has 0 radical (unpaired) electrons. The van der Waals surface area contributed by atoms with Crippen LogP contribution >= 0.6 is 23.1 Å². The molecule has 1 aliphatic carbocycles. The molecule has 1 unspecified atom stereocenters. The van der Waals surface area contributed by atoms with Gasteiger partial charge in [-0.05, 0) is 62.4 Å². The maximum atomic E-state index is 13.1. The van der Waals surface area contributed by atoms with E-state index in [-0.39, 0.29) is 22.8 Å². The summed E-state index contributed by atoms with van der Waals surface area (Å²) in [6.07, 6.45) is 5.22. The molecule has 3 aromatic rings. The zero-order chi connectivity index (χ0) is 21.1. The number of fused-ring (bicyclic) bond motifs is 1. The smallest absolute Gasteiger partial charge is 0.277 e. The van der Waals surface area contributed by atoms with E-state index in [0.29, 0.717) is 16.1 Å². The SMILES string of the molecule is CC(Sc1nnc(-c2ccc(F)cc2)o1)C(=O)Nc1sc2c(c1C#N)CCCCC2. The highest BCUT2D eigenvalue weighted by molar-refractivity contribution is 8.00. The van der Waals surface area contributed by atoms with Crippen molar-refractivity contribution in [3.8, 4) is 17.5 Å². The summed E-state index contributed by atoms with van der Waals surface area (Å²) >= 11 is 2.65. The fourth-order valence-electron chi connectivity index (χ4n) is 3.33. The van der Waals surface area contributed by atoms with Crippen molar-refractivity contribution in [3.05, 3.63) is 46.1 Å². The van der Waals surface area contributed by atoms with Gasteiger partial charge < -0.3 is 9.73 Å². The van der Waals surface area contributed by atoms with Gasteiger partial charge in [0.2, 0.25) is 11.8 Å². The van der Waals surface area contributed by atoms with Crippen LogP contribution in [0.5, 0.6) is 0 Å². The lowest BCUT2D eigenvalue weighted by Gasteiger charge is -2.09. The second-order valence-electron chi connectivity index (χ2n) is 7.01. The lowest BCUT2D eigenvalue weighted by molar-refractivity contribution is -0.115. The molecule has 4 rings (SSSR count). The van der Waals surface area contributed by atoms with Gasteiger partial charge >= 0.3 is 0 Å². The van der Waals surface area contributed by atoms with Gasteiger partial charge in [0.05, 0.1) is 10.8 Å². The molecule has 9 heteroatoms. The van der Waals surface area contributed by atoms with Crippen LogP contribution in [0.3, 0.4) is 0 Å². The lowest BCUT2D eigenvalue weighted by atomic mass is 10.1. The van der Waals surface area contributed by atoms with Crippen molar-refractivity contribution < 1.29 is 13.6 Å². The zero-order valence-corrected chi connectivity index (χ0v) is 17.9. The number of thiophene rings is 1. The Hall–Kier alpha value is -2.70. The van der Waals surface area contributed by atoms with Crippen molar-refractivity contribution in [2.45, 2.75) is 49.5 Å². The number of carbonyl (C=O) groups excluding carboxylic acids is 1. The van der Waals surface area contributed by atoms with Crippen molar-refractivity contribution in [1.82, 2.24) is 10.2 Å². The molecule has 0 saturated carbocycles. The molecule has 1 aromatic carbocycles. The van der Waals surface area contributed by atoms with Gasteiger partial charge in [0.1, 0.15) is 16.9 Å². The van der Waals surface area contributed by atoms with Gasteiger partial charge in [0, 0.05) is 10.4 Å². The molecule has 2 heterocycles. The van der Waals surface area contributed by atoms with E-state index >= 15 is 0 Å². The minimum Gasteiger partial charge on any atom is -0.411 e. The molecule has 154 valence electrons. The monoisotopic (exact) mass is 442 g/mol. The first-order valence-electron chi connectivity index (χ1n) is 9.66. The highest BCUT2D eigenvalue weighted by Gasteiger charge is 2.24. The van der Waals surface area contributed by atoms with E-state index in [4.69, 9.17) is 4.42 Å². The van der Waals surface area contributed by atoms with Crippen LogP contribution in [-0.2, 0) is 17.6 Å². The number of rotatable bonds is 5. The molecule has 0 aliphatic heterocycles. The van der Waals surface area contributed by atoms with Crippen LogP contribution in [0.15, 0.2) is 33.9 Å².